The van der Waals surface area contributed by atoms with Crippen molar-refractivity contribution in [1.29, 1.82) is 0 Å². The van der Waals surface area contributed by atoms with E-state index in [2.05, 4.69) is 17.1 Å². The van der Waals surface area contributed by atoms with Crippen LogP contribution in [0.25, 0.3) is 0 Å². The van der Waals surface area contributed by atoms with Gasteiger partial charge in [-0.05, 0) is 51.7 Å². The predicted octanol–water partition coefficient (Wildman–Crippen LogP) is 3.16. The molecule has 1 saturated heterocycles. The van der Waals surface area contributed by atoms with Crippen molar-refractivity contribution >= 4 is 11.3 Å². The first-order valence-corrected chi connectivity index (χ1v) is 9.10. The van der Waals surface area contributed by atoms with Crippen LogP contribution in [0.3, 0.4) is 0 Å². The van der Waals surface area contributed by atoms with Crippen molar-refractivity contribution in [2.75, 3.05) is 26.2 Å². The molecule has 0 aromatic carbocycles. The molecule has 0 amide bonds. The number of thiazole rings is 1. The fourth-order valence-electron chi connectivity index (χ4n) is 2.96. The molecule has 2 heterocycles. The minimum atomic E-state index is 0.783. The summed E-state index contributed by atoms with van der Waals surface area (Å²) in [4.78, 5) is 9.07. The zero-order valence-corrected chi connectivity index (χ0v) is 13.5. The van der Waals surface area contributed by atoms with Gasteiger partial charge >= 0.3 is 0 Å². The second kappa shape index (κ2) is 7.01. The van der Waals surface area contributed by atoms with Crippen LogP contribution in [0.2, 0.25) is 0 Å². The lowest BCUT2D eigenvalue weighted by Crippen LogP contribution is -2.21. The molecule has 1 aliphatic heterocycles. The molecule has 3 nitrogen and oxygen atoms in total. The van der Waals surface area contributed by atoms with Crippen LogP contribution in [0.5, 0.6) is 0 Å². The first-order chi connectivity index (χ1) is 9.86. The Morgan fingerprint density at radius 1 is 1.30 bits per heavy atom. The Kier molecular flexibility index (Phi) is 5.08. The largest absolute Gasteiger partial charge is 0.312 e. The van der Waals surface area contributed by atoms with Gasteiger partial charge < -0.3 is 10.2 Å². The summed E-state index contributed by atoms with van der Waals surface area (Å²) in [6.45, 7) is 8.17. The van der Waals surface area contributed by atoms with E-state index in [4.69, 9.17) is 4.98 Å². The second-order valence-corrected chi connectivity index (χ2v) is 7.33. The summed E-state index contributed by atoms with van der Waals surface area (Å²) in [5.74, 6) is 0.783. The van der Waals surface area contributed by atoms with Crippen LogP contribution < -0.4 is 5.32 Å². The zero-order chi connectivity index (χ0) is 13.8. The average molecular weight is 293 g/mol. The minimum absolute atomic E-state index is 0.783. The standard InChI is InChI=1S/C16H27N3S/c1-2-8-17-12-14-16(13-5-6-13)18-15(20-14)7-11-19-9-3-4-10-19/h13,17H,2-12H2,1H3. The summed E-state index contributed by atoms with van der Waals surface area (Å²) in [5, 5.41) is 4.91. The van der Waals surface area contributed by atoms with E-state index >= 15 is 0 Å². The van der Waals surface area contributed by atoms with Crippen molar-refractivity contribution in [2.24, 2.45) is 0 Å². The van der Waals surface area contributed by atoms with E-state index in [0.29, 0.717) is 0 Å². The van der Waals surface area contributed by atoms with E-state index in [-0.39, 0.29) is 0 Å². The first-order valence-electron chi connectivity index (χ1n) is 8.28. The number of likely N-dealkylation sites (tertiary alicyclic amines) is 1. The molecule has 0 unspecified atom stereocenters. The summed E-state index contributed by atoms with van der Waals surface area (Å²) in [6.07, 6.45) is 7.85. The average Bonchev–Trinajstić information content (AvgIpc) is 3.01. The van der Waals surface area contributed by atoms with Crippen LogP contribution in [-0.4, -0.2) is 36.1 Å². The van der Waals surface area contributed by atoms with Crippen LogP contribution >= 0.6 is 11.3 Å². The molecule has 0 radical (unpaired) electrons. The molecule has 4 heteroatoms. The molecular formula is C16H27N3S. The van der Waals surface area contributed by atoms with Gasteiger partial charge in [-0.1, -0.05) is 6.92 Å². The van der Waals surface area contributed by atoms with Crippen molar-refractivity contribution < 1.29 is 0 Å². The normalized spacial score (nSPS) is 19.9. The van der Waals surface area contributed by atoms with Gasteiger partial charge in [0.05, 0.1) is 10.7 Å². The molecule has 2 aliphatic rings. The van der Waals surface area contributed by atoms with E-state index in [9.17, 15) is 0 Å². The van der Waals surface area contributed by atoms with E-state index in [0.717, 1.165) is 25.4 Å². The van der Waals surface area contributed by atoms with Crippen molar-refractivity contribution in [3.63, 3.8) is 0 Å². The van der Waals surface area contributed by atoms with Gasteiger partial charge in [-0.3, -0.25) is 0 Å². The molecule has 1 aromatic heterocycles. The zero-order valence-electron chi connectivity index (χ0n) is 12.7. The Labute approximate surface area is 126 Å². The molecule has 0 bridgehead atoms. The molecule has 1 aromatic rings. The van der Waals surface area contributed by atoms with Crippen LogP contribution in [-0.2, 0) is 13.0 Å². The van der Waals surface area contributed by atoms with Crippen LogP contribution in [0.4, 0.5) is 0 Å². The predicted molar refractivity (Wildman–Crippen MR) is 85.5 cm³/mol. The van der Waals surface area contributed by atoms with Gasteiger partial charge in [-0.15, -0.1) is 11.3 Å². The van der Waals surface area contributed by atoms with E-state index in [1.165, 1.54) is 67.3 Å². The molecule has 1 aliphatic carbocycles. The van der Waals surface area contributed by atoms with Gasteiger partial charge in [0, 0.05) is 30.3 Å². The molecule has 0 spiro atoms. The van der Waals surface area contributed by atoms with Crippen LogP contribution in [0, 0.1) is 0 Å². The van der Waals surface area contributed by atoms with E-state index < -0.39 is 0 Å². The molecule has 1 saturated carbocycles. The van der Waals surface area contributed by atoms with Gasteiger partial charge in [-0.25, -0.2) is 4.98 Å². The number of nitrogens with zero attached hydrogens (tertiary/aromatic N) is 2. The quantitative estimate of drug-likeness (QED) is 0.746. The highest BCUT2D eigenvalue weighted by molar-refractivity contribution is 7.11. The summed E-state index contributed by atoms with van der Waals surface area (Å²) < 4.78 is 0. The molecule has 1 N–H and O–H groups in total. The molecule has 0 atom stereocenters. The lowest BCUT2D eigenvalue weighted by Gasteiger charge is -2.12. The molecule has 20 heavy (non-hydrogen) atoms. The molecule has 112 valence electrons. The maximum Gasteiger partial charge on any atom is 0.0944 e. The van der Waals surface area contributed by atoms with Crippen molar-refractivity contribution in [3.05, 3.63) is 15.6 Å². The van der Waals surface area contributed by atoms with Gasteiger partial charge in [0.15, 0.2) is 0 Å². The third-order valence-electron chi connectivity index (χ3n) is 4.29. The Morgan fingerprint density at radius 3 is 2.80 bits per heavy atom. The highest BCUT2D eigenvalue weighted by Crippen LogP contribution is 2.42. The summed E-state index contributed by atoms with van der Waals surface area (Å²) >= 11 is 1.96. The SMILES string of the molecule is CCCNCc1sc(CCN2CCCC2)nc1C1CC1. The highest BCUT2D eigenvalue weighted by atomic mass is 32.1. The maximum absolute atomic E-state index is 4.96. The van der Waals surface area contributed by atoms with Gasteiger partial charge in [0.1, 0.15) is 0 Å². The Morgan fingerprint density at radius 2 is 2.10 bits per heavy atom. The maximum atomic E-state index is 4.96. The summed E-state index contributed by atoms with van der Waals surface area (Å²) in [5.41, 5.74) is 1.43. The summed E-state index contributed by atoms with van der Waals surface area (Å²) in [7, 11) is 0. The highest BCUT2D eigenvalue weighted by Gasteiger charge is 2.29. The van der Waals surface area contributed by atoms with Crippen molar-refractivity contribution in [2.45, 2.75) is 57.9 Å². The Bertz CT molecular complexity index is 419. The number of hydrogen-bond acceptors (Lipinski definition) is 4. The fraction of sp³-hybridized carbons (Fsp3) is 0.812. The lowest BCUT2D eigenvalue weighted by atomic mass is 10.2. The third-order valence-corrected chi connectivity index (χ3v) is 5.42. The van der Waals surface area contributed by atoms with E-state index in [1.807, 2.05) is 11.3 Å². The fourth-order valence-corrected chi connectivity index (χ4v) is 4.07. The molecule has 3 rings (SSSR count). The Balaban J connectivity index is 1.57. The first kappa shape index (κ1) is 14.5. The smallest absolute Gasteiger partial charge is 0.0944 e. The van der Waals surface area contributed by atoms with Crippen LogP contribution in [0.1, 0.15) is 60.5 Å². The van der Waals surface area contributed by atoms with Gasteiger partial charge in [0.2, 0.25) is 0 Å². The van der Waals surface area contributed by atoms with Crippen LogP contribution in [0.15, 0.2) is 0 Å². The topological polar surface area (TPSA) is 28.2 Å². The molecule has 2 fully saturated rings. The van der Waals surface area contributed by atoms with Crippen molar-refractivity contribution in [1.82, 2.24) is 15.2 Å². The van der Waals surface area contributed by atoms with E-state index in [1.54, 1.807) is 0 Å². The second-order valence-electron chi connectivity index (χ2n) is 6.17. The van der Waals surface area contributed by atoms with Crippen molar-refractivity contribution in [3.8, 4) is 0 Å². The number of hydrogen-bond donors (Lipinski definition) is 1. The summed E-state index contributed by atoms with van der Waals surface area (Å²) in [6, 6.07) is 0. The monoisotopic (exact) mass is 293 g/mol. The lowest BCUT2D eigenvalue weighted by molar-refractivity contribution is 0.343. The molecular weight excluding hydrogens is 266 g/mol. The number of aromatic nitrogens is 1. The van der Waals surface area contributed by atoms with Gasteiger partial charge in [0.25, 0.3) is 0 Å². The third kappa shape index (κ3) is 3.80. The van der Waals surface area contributed by atoms with Gasteiger partial charge in [-0.2, -0.15) is 0 Å². The minimum Gasteiger partial charge on any atom is -0.312 e. The number of nitrogens with one attached hydrogen (secondary N) is 1. The Hall–Kier alpha value is -0.450. The number of rotatable bonds is 8.